The van der Waals surface area contributed by atoms with E-state index in [0.717, 1.165) is 17.2 Å². The first-order chi connectivity index (χ1) is 9.83. The summed E-state index contributed by atoms with van der Waals surface area (Å²) in [5.74, 6) is 1.14. The van der Waals surface area contributed by atoms with Crippen LogP contribution in [-0.4, -0.2) is 11.8 Å². The highest BCUT2D eigenvalue weighted by Gasteiger charge is 2.32. The van der Waals surface area contributed by atoms with E-state index in [9.17, 15) is 0 Å². The molecule has 1 aliphatic heterocycles. The molecule has 0 radical (unpaired) electrons. The Labute approximate surface area is 128 Å². The van der Waals surface area contributed by atoms with Gasteiger partial charge in [-0.1, -0.05) is 20.3 Å². The first kappa shape index (κ1) is 14.6. The van der Waals surface area contributed by atoms with Crippen molar-refractivity contribution in [2.24, 2.45) is 5.41 Å². The summed E-state index contributed by atoms with van der Waals surface area (Å²) in [6.07, 6.45) is 6.43. The van der Waals surface area contributed by atoms with E-state index in [4.69, 9.17) is 9.47 Å². The smallest absolute Gasteiger partial charge is 0.246 e. The Morgan fingerprint density at radius 2 is 1.76 bits per heavy atom. The molecular weight excluding hydrogens is 262 g/mol. The Morgan fingerprint density at radius 3 is 2.57 bits per heavy atom. The molecule has 0 saturated heterocycles. The predicted octanol–water partition coefficient (Wildman–Crippen LogP) is 4.96. The fraction of sp³-hybridized carbons (Fsp3) is 0.667. The van der Waals surface area contributed by atoms with E-state index in [-0.39, 0.29) is 0 Å². The Morgan fingerprint density at radius 1 is 1.00 bits per heavy atom. The fourth-order valence-electron chi connectivity index (χ4n) is 3.35. The first-order valence-electron chi connectivity index (χ1n) is 8.12. The summed E-state index contributed by atoms with van der Waals surface area (Å²) in [7, 11) is 0. The summed E-state index contributed by atoms with van der Waals surface area (Å²) in [6.45, 7) is 8.65. The van der Waals surface area contributed by atoms with Crippen LogP contribution in [0.1, 0.15) is 59.8 Å². The first-order valence-corrected chi connectivity index (χ1v) is 8.12. The van der Waals surface area contributed by atoms with Crippen molar-refractivity contribution < 1.29 is 9.47 Å². The van der Waals surface area contributed by atoms with Gasteiger partial charge in [-0.15, -0.1) is 0 Å². The van der Waals surface area contributed by atoms with Crippen molar-refractivity contribution >= 4 is 5.69 Å². The average Bonchev–Trinajstić information content (AvgIpc) is 2.58. The van der Waals surface area contributed by atoms with Gasteiger partial charge in [0.05, 0.1) is 0 Å². The number of hydrogen-bond donors (Lipinski definition) is 1. The van der Waals surface area contributed by atoms with Crippen molar-refractivity contribution in [2.75, 3.05) is 5.32 Å². The number of ether oxygens (including phenoxy) is 2. The summed E-state index contributed by atoms with van der Waals surface area (Å²) in [5, 5.41) is 3.68. The summed E-state index contributed by atoms with van der Waals surface area (Å²) in [5.41, 5.74) is 1.63. The molecule has 1 aliphatic carbocycles. The van der Waals surface area contributed by atoms with Crippen LogP contribution in [0.15, 0.2) is 18.2 Å². The fourth-order valence-corrected chi connectivity index (χ4v) is 3.35. The standard InChI is InChI=1S/C18H27NO2/c1-17(2)10-5-6-13(9-11-17)19-14-7-8-15-16(12-14)21-18(3,4)20-15/h7-8,12-13,19H,5-6,9-11H2,1-4H3. The third-order valence-corrected chi connectivity index (χ3v) is 4.60. The Bertz CT molecular complexity index is 522. The van der Waals surface area contributed by atoms with E-state index in [1.54, 1.807) is 0 Å². The lowest BCUT2D eigenvalue weighted by Gasteiger charge is -2.22. The van der Waals surface area contributed by atoms with Gasteiger partial charge in [0, 0.05) is 31.6 Å². The maximum absolute atomic E-state index is 5.82. The van der Waals surface area contributed by atoms with Crippen molar-refractivity contribution in [3.05, 3.63) is 18.2 Å². The van der Waals surface area contributed by atoms with Gasteiger partial charge in [-0.25, -0.2) is 0 Å². The van der Waals surface area contributed by atoms with E-state index < -0.39 is 5.79 Å². The monoisotopic (exact) mass is 289 g/mol. The topological polar surface area (TPSA) is 30.5 Å². The Hall–Kier alpha value is -1.38. The van der Waals surface area contributed by atoms with Gasteiger partial charge in [0.15, 0.2) is 11.5 Å². The van der Waals surface area contributed by atoms with E-state index in [2.05, 4.69) is 31.3 Å². The molecule has 1 unspecified atom stereocenters. The van der Waals surface area contributed by atoms with Crippen molar-refractivity contribution in [3.63, 3.8) is 0 Å². The number of fused-ring (bicyclic) bond motifs is 1. The summed E-state index contributed by atoms with van der Waals surface area (Å²) in [4.78, 5) is 0. The molecule has 1 saturated carbocycles. The van der Waals surface area contributed by atoms with Crippen LogP contribution in [0.25, 0.3) is 0 Å². The van der Waals surface area contributed by atoms with Crippen LogP contribution >= 0.6 is 0 Å². The number of hydrogen-bond acceptors (Lipinski definition) is 3. The lowest BCUT2D eigenvalue weighted by atomic mass is 9.85. The molecule has 3 heteroatoms. The predicted molar refractivity (Wildman–Crippen MR) is 86.1 cm³/mol. The molecule has 116 valence electrons. The van der Waals surface area contributed by atoms with Gasteiger partial charge in [-0.2, -0.15) is 0 Å². The number of anilines is 1. The van der Waals surface area contributed by atoms with Crippen LogP contribution in [0, 0.1) is 5.41 Å². The van der Waals surface area contributed by atoms with Gasteiger partial charge < -0.3 is 14.8 Å². The second-order valence-corrected chi connectivity index (χ2v) is 7.70. The molecule has 21 heavy (non-hydrogen) atoms. The molecule has 1 aromatic rings. The third-order valence-electron chi connectivity index (χ3n) is 4.60. The zero-order valence-electron chi connectivity index (χ0n) is 13.7. The number of rotatable bonds is 2. The zero-order chi connectivity index (χ0) is 15.1. The third kappa shape index (κ3) is 3.45. The zero-order valence-corrected chi connectivity index (χ0v) is 13.7. The molecule has 1 aromatic carbocycles. The van der Waals surface area contributed by atoms with Gasteiger partial charge >= 0.3 is 0 Å². The van der Waals surface area contributed by atoms with Crippen LogP contribution < -0.4 is 14.8 Å². The lowest BCUT2D eigenvalue weighted by molar-refractivity contribution is -0.0431. The normalized spacial score (nSPS) is 26.2. The van der Waals surface area contributed by atoms with Crippen molar-refractivity contribution in [1.29, 1.82) is 0 Å². The van der Waals surface area contributed by atoms with Gasteiger partial charge in [-0.3, -0.25) is 0 Å². The average molecular weight is 289 g/mol. The van der Waals surface area contributed by atoms with Gasteiger partial charge in [0.25, 0.3) is 0 Å². The molecular formula is C18H27NO2. The van der Waals surface area contributed by atoms with Crippen molar-refractivity contribution in [3.8, 4) is 11.5 Å². The SMILES string of the molecule is CC1(C)CCCC(Nc2ccc3c(c2)OC(C)(C)O3)CC1. The molecule has 3 nitrogen and oxygen atoms in total. The molecule has 1 fully saturated rings. The second kappa shape index (κ2) is 5.11. The van der Waals surface area contributed by atoms with Gasteiger partial charge in [0.1, 0.15) is 0 Å². The molecule has 1 N–H and O–H groups in total. The minimum Gasteiger partial charge on any atom is -0.449 e. The Kier molecular flexibility index (Phi) is 3.54. The second-order valence-electron chi connectivity index (χ2n) is 7.70. The largest absolute Gasteiger partial charge is 0.449 e. The molecule has 1 heterocycles. The Balaban J connectivity index is 1.67. The van der Waals surface area contributed by atoms with Crippen LogP contribution in [0.4, 0.5) is 5.69 Å². The highest BCUT2D eigenvalue weighted by molar-refractivity contribution is 5.56. The molecule has 2 aliphatic rings. The van der Waals surface area contributed by atoms with E-state index >= 15 is 0 Å². The van der Waals surface area contributed by atoms with Crippen molar-refractivity contribution in [2.45, 2.75) is 71.6 Å². The van der Waals surface area contributed by atoms with E-state index in [1.807, 2.05) is 19.9 Å². The van der Waals surface area contributed by atoms with Crippen LogP contribution in [-0.2, 0) is 0 Å². The van der Waals surface area contributed by atoms with Crippen LogP contribution in [0.2, 0.25) is 0 Å². The molecule has 1 atom stereocenters. The number of nitrogens with one attached hydrogen (secondary N) is 1. The molecule has 0 spiro atoms. The van der Waals surface area contributed by atoms with Gasteiger partial charge in [0.2, 0.25) is 5.79 Å². The summed E-state index contributed by atoms with van der Waals surface area (Å²) < 4.78 is 11.6. The summed E-state index contributed by atoms with van der Waals surface area (Å²) >= 11 is 0. The quantitative estimate of drug-likeness (QED) is 0.780. The van der Waals surface area contributed by atoms with Crippen molar-refractivity contribution in [1.82, 2.24) is 0 Å². The highest BCUT2D eigenvalue weighted by Crippen LogP contribution is 2.41. The molecule has 3 rings (SSSR count). The molecule has 0 aromatic heterocycles. The molecule has 0 bridgehead atoms. The molecule has 0 amide bonds. The summed E-state index contributed by atoms with van der Waals surface area (Å²) in [6, 6.07) is 6.74. The number of benzene rings is 1. The minimum atomic E-state index is -0.548. The van der Waals surface area contributed by atoms with Gasteiger partial charge in [-0.05, 0) is 43.2 Å². The maximum atomic E-state index is 5.82. The highest BCUT2D eigenvalue weighted by atomic mass is 16.7. The van der Waals surface area contributed by atoms with E-state index in [0.29, 0.717) is 11.5 Å². The van der Waals surface area contributed by atoms with Crippen LogP contribution in [0.5, 0.6) is 11.5 Å². The van der Waals surface area contributed by atoms with E-state index in [1.165, 1.54) is 32.1 Å². The maximum Gasteiger partial charge on any atom is 0.246 e. The minimum absolute atomic E-state index is 0.495. The van der Waals surface area contributed by atoms with Crippen LogP contribution in [0.3, 0.4) is 0 Å². The lowest BCUT2D eigenvalue weighted by Crippen LogP contribution is -2.29.